The smallest absolute Gasteiger partial charge is 0.416 e. The molecule has 2 N–H and O–H groups in total. The Morgan fingerprint density at radius 1 is 0.879 bits per heavy atom. The fraction of sp³-hybridized carbons (Fsp3) is 0.167. The van der Waals surface area contributed by atoms with Crippen molar-refractivity contribution in [2.45, 2.75) is 13.1 Å². The summed E-state index contributed by atoms with van der Waals surface area (Å²) in [5.74, 6) is -0.0805. The van der Waals surface area contributed by atoms with E-state index >= 15 is 0 Å². The minimum atomic E-state index is -4.50. The van der Waals surface area contributed by atoms with Crippen molar-refractivity contribution in [3.63, 3.8) is 0 Å². The highest BCUT2D eigenvalue weighted by atomic mass is 19.4. The van der Waals surface area contributed by atoms with Gasteiger partial charge in [0.15, 0.2) is 6.61 Å². The minimum Gasteiger partial charge on any atom is -0.492 e. The highest BCUT2D eigenvalue weighted by Gasteiger charge is 2.30. The van der Waals surface area contributed by atoms with Gasteiger partial charge in [0.25, 0.3) is 11.8 Å². The van der Waals surface area contributed by atoms with Gasteiger partial charge in [0.1, 0.15) is 11.5 Å². The first kappa shape index (κ1) is 23.6. The fourth-order valence-corrected chi connectivity index (χ4v) is 2.87. The molecule has 2 amide bonds. The van der Waals surface area contributed by atoms with E-state index in [4.69, 9.17) is 9.47 Å². The third kappa shape index (κ3) is 6.73. The minimum absolute atomic E-state index is 0.0270. The van der Waals surface area contributed by atoms with Crippen molar-refractivity contribution in [3.8, 4) is 11.5 Å². The Morgan fingerprint density at radius 3 is 2.30 bits per heavy atom. The molecular formula is C24H21F3N2O4. The number of halogens is 3. The zero-order chi connectivity index (χ0) is 23.8. The molecule has 0 bridgehead atoms. The number of hydrogen-bond donors (Lipinski definition) is 2. The summed E-state index contributed by atoms with van der Waals surface area (Å²) in [6.45, 7) is 2.03. The second-order valence-electron chi connectivity index (χ2n) is 6.82. The van der Waals surface area contributed by atoms with Crippen LogP contribution < -0.4 is 20.1 Å². The monoisotopic (exact) mass is 458 g/mol. The van der Waals surface area contributed by atoms with Crippen LogP contribution in [0.3, 0.4) is 0 Å². The van der Waals surface area contributed by atoms with Gasteiger partial charge in [-0.25, -0.2) is 0 Å². The summed E-state index contributed by atoms with van der Waals surface area (Å²) in [6, 6.07) is 17.2. The fourth-order valence-electron chi connectivity index (χ4n) is 2.87. The highest BCUT2D eigenvalue weighted by molar-refractivity contribution is 6.04. The van der Waals surface area contributed by atoms with Crippen LogP contribution in [0.1, 0.15) is 22.8 Å². The third-order valence-corrected chi connectivity index (χ3v) is 4.40. The number of carbonyl (C=O) groups excluding carboxylic acids is 2. The third-order valence-electron chi connectivity index (χ3n) is 4.40. The van der Waals surface area contributed by atoms with E-state index in [0.29, 0.717) is 23.8 Å². The van der Waals surface area contributed by atoms with Crippen LogP contribution in [0.25, 0.3) is 0 Å². The average molecular weight is 458 g/mol. The molecule has 3 aromatic carbocycles. The summed E-state index contributed by atoms with van der Waals surface area (Å²) in [6.07, 6.45) is -4.50. The van der Waals surface area contributed by atoms with Crippen LogP contribution in [0, 0.1) is 0 Å². The summed E-state index contributed by atoms with van der Waals surface area (Å²) in [7, 11) is 0. The zero-order valence-electron chi connectivity index (χ0n) is 17.6. The Balaban J connectivity index is 1.55. The van der Waals surface area contributed by atoms with E-state index in [2.05, 4.69) is 10.6 Å². The lowest BCUT2D eigenvalue weighted by molar-refractivity contribution is -0.137. The molecule has 3 aromatic rings. The maximum atomic E-state index is 12.8. The molecule has 0 saturated carbocycles. The van der Waals surface area contributed by atoms with Crippen LogP contribution in [0.4, 0.5) is 24.5 Å². The first-order valence-electron chi connectivity index (χ1n) is 9.99. The molecule has 172 valence electrons. The number of rotatable bonds is 8. The van der Waals surface area contributed by atoms with E-state index in [1.807, 2.05) is 6.92 Å². The first-order chi connectivity index (χ1) is 15.8. The van der Waals surface area contributed by atoms with Gasteiger partial charge in [-0.1, -0.05) is 18.2 Å². The van der Waals surface area contributed by atoms with Crippen molar-refractivity contribution in [2.75, 3.05) is 23.8 Å². The van der Waals surface area contributed by atoms with E-state index in [1.165, 1.54) is 36.4 Å². The molecule has 0 aliphatic heterocycles. The van der Waals surface area contributed by atoms with Gasteiger partial charge in [-0.15, -0.1) is 0 Å². The predicted octanol–water partition coefficient (Wildman–Crippen LogP) is 5.37. The van der Waals surface area contributed by atoms with E-state index < -0.39 is 23.6 Å². The molecule has 9 heteroatoms. The van der Waals surface area contributed by atoms with Gasteiger partial charge in [-0.3, -0.25) is 9.59 Å². The molecule has 6 nitrogen and oxygen atoms in total. The molecule has 0 radical (unpaired) electrons. The van der Waals surface area contributed by atoms with Gasteiger partial charge in [0.2, 0.25) is 0 Å². The second-order valence-corrected chi connectivity index (χ2v) is 6.82. The number of amides is 2. The normalized spacial score (nSPS) is 10.9. The van der Waals surface area contributed by atoms with Gasteiger partial charge in [-0.2, -0.15) is 13.2 Å². The van der Waals surface area contributed by atoms with E-state index in [1.54, 1.807) is 24.3 Å². The molecule has 0 saturated heterocycles. The van der Waals surface area contributed by atoms with Crippen LogP contribution in [-0.4, -0.2) is 25.0 Å². The molecule has 0 aliphatic carbocycles. The summed E-state index contributed by atoms with van der Waals surface area (Å²) in [5, 5.41) is 5.13. The zero-order valence-corrected chi connectivity index (χ0v) is 17.6. The van der Waals surface area contributed by atoms with Gasteiger partial charge in [0.05, 0.1) is 17.9 Å². The van der Waals surface area contributed by atoms with Crippen LogP contribution in [0.15, 0.2) is 72.8 Å². The molecule has 0 unspecified atom stereocenters. The number of ether oxygens (including phenoxy) is 2. The van der Waals surface area contributed by atoms with E-state index in [9.17, 15) is 22.8 Å². The number of carbonyl (C=O) groups is 2. The summed E-state index contributed by atoms with van der Waals surface area (Å²) < 4.78 is 49.3. The van der Waals surface area contributed by atoms with Crippen molar-refractivity contribution in [2.24, 2.45) is 0 Å². The molecule has 0 fully saturated rings. The SMILES string of the molecule is CCOc1ccccc1NC(=O)COc1ccc(C(=O)Nc2cccc(C(F)(F)F)c2)cc1. The number of hydrogen-bond acceptors (Lipinski definition) is 4. The number of benzene rings is 3. The topological polar surface area (TPSA) is 76.7 Å². The molecule has 0 heterocycles. The summed E-state index contributed by atoms with van der Waals surface area (Å²) in [5.41, 5.74) is -0.0882. The average Bonchev–Trinajstić information content (AvgIpc) is 2.79. The number of para-hydroxylation sites is 2. The molecule has 3 rings (SSSR count). The molecule has 0 atom stereocenters. The van der Waals surface area contributed by atoms with E-state index in [0.717, 1.165) is 12.1 Å². The van der Waals surface area contributed by atoms with Crippen molar-refractivity contribution in [1.82, 2.24) is 0 Å². The molecule has 0 spiro atoms. The Kier molecular flexibility index (Phi) is 7.55. The van der Waals surface area contributed by atoms with Crippen molar-refractivity contribution < 1.29 is 32.2 Å². The van der Waals surface area contributed by atoms with Gasteiger partial charge in [0, 0.05) is 11.3 Å². The number of alkyl halides is 3. The Hall–Kier alpha value is -4.01. The Labute approximate surface area is 188 Å². The van der Waals surface area contributed by atoms with E-state index in [-0.39, 0.29) is 17.9 Å². The maximum Gasteiger partial charge on any atom is 0.416 e. The lowest BCUT2D eigenvalue weighted by atomic mass is 10.1. The molecule has 0 aromatic heterocycles. The quantitative estimate of drug-likeness (QED) is 0.476. The molecule has 0 aliphatic rings. The lowest BCUT2D eigenvalue weighted by Crippen LogP contribution is -2.20. The number of anilines is 2. The summed E-state index contributed by atoms with van der Waals surface area (Å²) >= 11 is 0. The van der Waals surface area contributed by atoms with Crippen molar-refractivity contribution >= 4 is 23.2 Å². The van der Waals surface area contributed by atoms with Crippen molar-refractivity contribution in [1.29, 1.82) is 0 Å². The predicted molar refractivity (Wildman–Crippen MR) is 118 cm³/mol. The standard InChI is InChI=1S/C24H21F3N2O4/c1-2-32-21-9-4-3-8-20(21)29-22(30)15-33-19-12-10-16(11-13-19)23(31)28-18-7-5-6-17(14-18)24(25,26)27/h3-14H,2,15H2,1H3,(H,28,31)(H,29,30). The van der Waals surface area contributed by atoms with Gasteiger partial charge < -0.3 is 20.1 Å². The molecule has 33 heavy (non-hydrogen) atoms. The first-order valence-corrected chi connectivity index (χ1v) is 9.99. The van der Waals surface area contributed by atoms with Crippen LogP contribution in [0.2, 0.25) is 0 Å². The Bertz CT molecular complexity index is 1120. The largest absolute Gasteiger partial charge is 0.492 e. The van der Waals surface area contributed by atoms with Crippen LogP contribution in [-0.2, 0) is 11.0 Å². The van der Waals surface area contributed by atoms with Crippen molar-refractivity contribution in [3.05, 3.63) is 83.9 Å². The number of nitrogens with one attached hydrogen (secondary N) is 2. The van der Waals surface area contributed by atoms with Crippen LogP contribution in [0.5, 0.6) is 11.5 Å². The second kappa shape index (κ2) is 10.5. The lowest BCUT2D eigenvalue weighted by Gasteiger charge is -2.12. The summed E-state index contributed by atoms with van der Waals surface area (Å²) in [4.78, 5) is 24.5. The van der Waals surface area contributed by atoms with Gasteiger partial charge >= 0.3 is 6.18 Å². The Morgan fingerprint density at radius 2 is 1.61 bits per heavy atom. The molecular weight excluding hydrogens is 437 g/mol. The maximum absolute atomic E-state index is 12.8. The van der Waals surface area contributed by atoms with Crippen LogP contribution >= 0.6 is 0 Å². The highest BCUT2D eigenvalue weighted by Crippen LogP contribution is 2.30. The van der Waals surface area contributed by atoms with Gasteiger partial charge in [-0.05, 0) is 61.5 Å².